The number of nitrogens with zero attached hydrogens (tertiary/aromatic N) is 4. The van der Waals surface area contributed by atoms with Crippen molar-refractivity contribution in [3.05, 3.63) is 16.8 Å². The molecule has 0 aliphatic carbocycles. The summed E-state index contributed by atoms with van der Waals surface area (Å²) in [7, 11) is 0. The van der Waals surface area contributed by atoms with Crippen molar-refractivity contribution >= 4 is 11.8 Å². The fourth-order valence-electron chi connectivity index (χ4n) is 3.02. The number of carbonyl (C=O) groups is 1. The van der Waals surface area contributed by atoms with Crippen molar-refractivity contribution in [2.24, 2.45) is 5.41 Å². The molecule has 0 bridgehead atoms. The zero-order valence-corrected chi connectivity index (χ0v) is 12.8. The van der Waals surface area contributed by atoms with E-state index in [1.807, 2.05) is 20.8 Å². The molecule has 6 nitrogen and oxygen atoms in total. The summed E-state index contributed by atoms with van der Waals surface area (Å²) < 4.78 is 0. The second kappa shape index (κ2) is 5.32. The topological polar surface area (TPSA) is 90.1 Å². The van der Waals surface area contributed by atoms with Gasteiger partial charge in [0.05, 0.1) is 5.69 Å². The summed E-state index contributed by atoms with van der Waals surface area (Å²) in [6.45, 7) is 8.07. The van der Waals surface area contributed by atoms with Crippen LogP contribution in [0.2, 0.25) is 0 Å². The van der Waals surface area contributed by atoms with Gasteiger partial charge in [-0.3, -0.25) is 0 Å². The Bertz CT molecular complexity index is 619. The molecular weight excluding hydrogens is 268 g/mol. The highest BCUT2D eigenvalue weighted by Gasteiger charge is 2.44. The lowest BCUT2D eigenvalue weighted by Crippen LogP contribution is -2.55. The van der Waals surface area contributed by atoms with Crippen molar-refractivity contribution in [1.82, 2.24) is 10.2 Å². The Balaban J connectivity index is 2.57. The SMILES string of the molecule is Cc1nnc(N2CCCC(C)(C)C2C(=O)O)c(C#N)c1C. The van der Waals surface area contributed by atoms with Crippen LogP contribution in [0.15, 0.2) is 0 Å². The van der Waals surface area contributed by atoms with Gasteiger partial charge in [-0.05, 0) is 37.7 Å². The highest BCUT2D eigenvalue weighted by atomic mass is 16.4. The van der Waals surface area contributed by atoms with Crippen LogP contribution in [0, 0.1) is 30.6 Å². The van der Waals surface area contributed by atoms with Gasteiger partial charge in [0.1, 0.15) is 17.7 Å². The monoisotopic (exact) mass is 288 g/mol. The Labute approximate surface area is 124 Å². The van der Waals surface area contributed by atoms with Crippen LogP contribution < -0.4 is 4.90 Å². The van der Waals surface area contributed by atoms with Crippen LogP contribution in [-0.2, 0) is 4.79 Å². The van der Waals surface area contributed by atoms with E-state index in [4.69, 9.17) is 0 Å². The first-order valence-corrected chi connectivity index (χ1v) is 7.03. The summed E-state index contributed by atoms with van der Waals surface area (Å²) in [4.78, 5) is 13.5. The van der Waals surface area contributed by atoms with Crippen LogP contribution in [0.3, 0.4) is 0 Å². The minimum atomic E-state index is -0.886. The number of aromatic nitrogens is 2. The van der Waals surface area contributed by atoms with Crippen molar-refractivity contribution in [1.29, 1.82) is 5.26 Å². The average Bonchev–Trinajstić information content (AvgIpc) is 2.39. The van der Waals surface area contributed by atoms with Gasteiger partial charge in [0.15, 0.2) is 5.82 Å². The molecule has 0 amide bonds. The van der Waals surface area contributed by atoms with Gasteiger partial charge >= 0.3 is 5.97 Å². The van der Waals surface area contributed by atoms with Gasteiger partial charge in [-0.2, -0.15) is 10.4 Å². The summed E-state index contributed by atoms with van der Waals surface area (Å²) in [5, 5.41) is 27.2. The Kier molecular flexibility index (Phi) is 3.86. The summed E-state index contributed by atoms with van der Waals surface area (Å²) in [5.74, 6) is -0.496. The number of piperidine rings is 1. The first kappa shape index (κ1) is 15.2. The van der Waals surface area contributed by atoms with Gasteiger partial charge in [-0.25, -0.2) is 4.79 Å². The number of nitriles is 1. The number of carboxylic acids is 1. The molecule has 2 heterocycles. The highest BCUT2D eigenvalue weighted by molar-refractivity contribution is 5.80. The summed E-state index contributed by atoms with van der Waals surface area (Å²) >= 11 is 0. The third-order valence-electron chi connectivity index (χ3n) is 4.33. The lowest BCUT2D eigenvalue weighted by molar-refractivity contribution is -0.142. The fourth-order valence-corrected chi connectivity index (χ4v) is 3.02. The van der Waals surface area contributed by atoms with E-state index in [0.29, 0.717) is 23.6 Å². The van der Waals surface area contributed by atoms with E-state index < -0.39 is 12.0 Å². The van der Waals surface area contributed by atoms with Crippen molar-refractivity contribution < 1.29 is 9.90 Å². The second-order valence-electron chi connectivity index (χ2n) is 6.25. The first-order valence-electron chi connectivity index (χ1n) is 7.03. The predicted octanol–water partition coefficient (Wildman–Crippen LogP) is 2.04. The van der Waals surface area contributed by atoms with Crippen LogP contribution in [-0.4, -0.2) is 33.9 Å². The van der Waals surface area contributed by atoms with Crippen LogP contribution in [0.5, 0.6) is 0 Å². The Morgan fingerprint density at radius 1 is 1.43 bits per heavy atom. The Morgan fingerprint density at radius 3 is 2.67 bits per heavy atom. The van der Waals surface area contributed by atoms with Crippen LogP contribution in [0.1, 0.15) is 43.5 Å². The van der Waals surface area contributed by atoms with Crippen molar-refractivity contribution in [3.63, 3.8) is 0 Å². The number of carboxylic acid groups (broad SMARTS) is 1. The van der Waals surface area contributed by atoms with E-state index in [1.54, 1.807) is 11.8 Å². The predicted molar refractivity (Wildman–Crippen MR) is 78.0 cm³/mol. The number of anilines is 1. The molecule has 0 aromatic carbocycles. The number of aryl methyl sites for hydroxylation is 1. The number of hydrogen-bond acceptors (Lipinski definition) is 5. The van der Waals surface area contributed by atoms with E-state index in [2.05, 4.69) is 16.3 Å². The normalized spacial score (nSPS) is 20.9. The van der Waals surface area contributed by atoms with Crippen LogP contribution in [0.4, 0.5) is 5.82 Å². The third-order valence-corrected chi connectivity index (χ3v) is 4.33. The molecule has 1 N–H and O–H groups in total. The number of aliphatic carboxylic acids is 1. The van der Waals surface area contributed by atoms with Gasteiger partial charge in [-0.1, -0.05) is 13.8 Å². The minimum Gasteiger partial charge on any atom is -0.480 e. The Morgan fingerprint density at radius 2 is 2.10 bits per heavy atom. The molecular formula is C15H20N4O2. The van der Waals surface area contributed by atoms with Gasteiger partial charge in [0.2, 0.25) is 0 Å². The van der Waals surface area contributed by atoms with E-state index in [9.17, 15) is 15.2 Å². The zero-order valence-electron chi connectivity index (χ0n) is 12.8. The van der Waals surface area contributed by atoms with Crippen molar-refractivity contribution in [3.8, 4) is 6.07 Å². The van der Waals surface area contributed by atoms with Crippen molar-refractivity contribution in [2.45, 2.75) is 46.6 Å². The summed E-state index contributed by atoms with van der Waals surface area (Å²) in [6.07, 6.45) is 1.71. The smallest absolute Gasteiger partial charge is 0.326 e. The molecule has 21 heavy (non-hydrogen) atoms. The van der Waals surface area contributed by atoms with Gasteiger partial charge < -0.3 is 10.0 Å². The summed E-state index contributed by atoms with van der Waals surface area (Å²) in [6, 6.07) is 1.45. The molecule has 1 aliphatic heterocycles. The third kappa shape index (κ3) is 2.56. The maximum absolute atomic E-state index is 11.7. The number of rotatable bonds is 2. The van der Waals surface area contributed by atoms with E-state index >= 15 is 0 Å². The quantitative estimate of drug-likeness (QED) is 0.895. The van der Waals surface area contributed by atoms with E-state index in [-0.39, 0.29) is 5.41 Å². The molecule has 1 aromatic rings. The first-order chi connectivity index (χ1) is 9.79. The molecule has 0 spiro atoms. The average molecular weight is 288 g/mol. The lowest BCUT2D eigenvalue weighted by atomic mass is 9.76. The molecule has 2 rings (SSSR count). The van der Waals surface area contributed by atoms with Crippen LogP contribution >= 0.6 is 0 Å². The Hall–Kier alpha value is -2.16. The lowest BCUT2D eigenvalue weighted by Gasteiger charge is -2.44. The molecule has 6 heteroatoms. The largest absolute Gasteiger partial charge is 0.480 e. The van der Waals surface area contributed by atoms with Crippen LogP contribution in [0.25, 0.3) is 0 Å². The summed E-state index contributed by atoms with van der Waals surface area (Å²) in [5.41, 5.74) is 1.50. The molecule has 1 aliphatic rings. The minimum absolute atomic E-state index is 0.378. The zero-order chi connectivity index (χ0) is 15.8. The van der Waals surface area contributed by atoms with Crippen molar-refractivity contribution in [2.75, 3.05) is 11.4 Å². The molecule has 0 saturated carbocycles. The maximum atomic E-state index is 11.7. The number of hydrogen-bond donors (Lipinski definition) is 1. The molecule has 1 fully saturated rings. The molecule has 1 atom stereocenters. The highest BCUT2D eigenvalue weighted by Crippen LogP contribution is 2.38. The van der Waals surface area contributed by atoms with Gasteiger partial charge in [0, 0.05) is 6.54 Å². The van der Waals surface area contributed by atoms with E-state index in [0.717, 1.165) is 18.4 Å². The molecule has 1 aromatic heterocycles. The fraction of sp³-hybridized carbons (Fsp3) is 0.600. The molecule has 0 radical (unpaired) electrons. The van der Waals surface area contributed by atoms with E-state index in [1.165, 1.54) is 0 Å². The molecule has 1 unspecified atom stereocenters. The van der Waals surface area contributed by atoms with Gasteiger partial charge in [0.25, 0.3) is 0 Å². The second-order valence-corrected chi connectivity index (χ2v) is 6.25. The van der Waals surface area contributed by atoms with Gasteiger partial charge in [-0.15, -0.1) is 5.10 Å². The molecule has 1 saturated heterocycles. The maximum Gasteiger partial charge on any atom is 0.326 e. The standard InChI is InChI=1S/C15H20N4O2/c1-9-10(2)17-18-13(11(9)8-16)19-7-5-6-15(3,4)12(19)14(20)21/h12H,5-7H2,1-4H3,(H,20,21). The molecule has 112 valence electrons.